The number of non-ortho nitro benzene ring substituents is 1. The first-order valence-corrected chi connectivity index (χ1v) is 13.8. The number of ether oxygens (including phenoxy) is 5. The molecule has 0 aliphatic carbocycles. The zero-order valence-electron chi connectivity index (χ0n) is 21.3. The van der Waals surface area contributed by atoms with Crippen LogP contribution in [0.1, 0.15) is 34.7 Å². The molecule has 0 bridgehead atoms. The van der Waals surface area contributed by atoms with Gasteiger partial charge >= 0.3 is 5.97 Å². The van der Waals surface area contributed by atoms with Gasteiger partial charge in [-0.15, -0.1) is 11.8 Å². The fraction of sp³-hybridized carbons (Fsp3) is 0.345. The molecule has 10 heteroatoms. The number of nitrogens with zero attached hydrogens (tertiary/aromatic N) is 1. The van der Waals surface area contributed by atoms with Crippen LogP contribution in [0.15, 0.2) is 84.9 Å². The van der Waals surface area contributed by atoms with E-state index in [0.29, 0.717) is 12.4 Å². The summed E-state index contributed by atoms with van der Waals surface area (Å²) in [5, 5.41) is 11.0. The molecular formula is C29H29NO8S. The maximum absolute atomic E-state index is 13.2. The van der Waals surface area contributed by atoms with E-state index in [1.165, 1.54) is 36.0 Å². The molecule has 0 unspecified atom stereocenters. The van der Waals surface area contributed by atoms with Crippen LogP contribution in [0.3, 0.4) is 0 Å². The summed E-state index contributed by atoms with van der Waals surface area (Å²) in [7, 11) is 0. The Labute approximate surface area is 230 Å². The van der Waals surface area contributed by atoms with E-state index in [2.05, 4.69) is 0 Å². The van der Waals surface area contributed by atoms with E-state index in [0.717, 1.165) is 11.1 Å². The molecule has 204 valence electrons. The second-order valence-electron chi connectivity index (χ2n) is 9.11. The highest BCUT2D eigenvalue weighted by Crippen LogP contribution is 2.39. The molecule has 39 heavy (non-hydrogen) atoms. The lowest BCUT2D eigenvalue weighted by Crippen LogP contribution is -2.62. The zero-order valence-corrected chi connectivity index (χ0v) is 22.1. The number of carbonyl (C=O) groups excluding carboxylic acids is 1. The molecule has 3 aromatic rings. The largest absolute Gasteiger partial charge is 0.452 e. The molecule has 2 heterocycles. The van der Waals surface area contributed by atoms with Crippen molar-refractivity contribution in [3.8, 4) is 0 Å². The van der Waals surface area contributed by atoms with Gasteiger partial charge in [0.15, 0.2) is 12.4 Å². The van der Waals surface area contributed by atoms with E-state index in [4.69, 9.17) is 23.7 Å². The van der Waals surface area contributed by atoms with Crippen molar-refractivity contribution < 1.29 is 33.4 Å². The van der Waals surface area contributed by atoms with Crippen LogP contribution in [0, 0.1) is 10.1 Å². The van der Waals surface area contributed by atoms with Crippen molar-refractivity contribution in [1.29, 1.82) is 0 Å². The monoisotopic (exact) mass is 551 g/mol. The molecule has 0 radical (unpaired) electrons. The molecule has 0 amide bonds. The van der Waals surface area contributed by atoms with Crippen LogP contribution in [-0.4, -0.2) is 53.1 Å². The molecule has 0 spiro atoms. The number of nitro benzene ring substituents is 1. The van der Waals surface area contributed by atoms with Crippen molar-refractivity contribution >= 4 is 23.4 Å². The fourth-order valence-electron chi connectivity index (χ4n) is 4.62. The molecule has 2 aliphatic rings. The standard InChI is InChI=1S/C29H29NO8S/c1-2-39-29-26(37-27(31)20-13-15-22(16-14-20)30(32)33)25(34-17-19-9-5-3-6-10-19)24-23(36-29)18-35-28(38-24)21-11-7-4-8-12-21/h3-16,23-26,28-29H,2,17-18H2,1H3/t23-,24-,25+,26-,28-,29+/m1/s1. The minimum absolute atomic E-state index is 0.110. The van der Waals surface area contributed by atoms with E-state index < -0.39 is 47.0 Å². The number of hydrogen-bond donors (Lipinski definition) is 0. The van der Waals surface area contributed by atoms with Crippen molar-refractivity contribution in [2.24, 2.45) is 0 Å². The van der Waals surface area contributed by atoms with Crippen LogP contribution in [0.5, 0.6) is 0 Å². The lowest BCUT2D eigenvalue weighted by Gasteiger charge is -2.48. The third-order valence-corrected chi connectivity index (χ3v) is 7.57. The Bertz CT molecular complexity index is 1240. The van der Waals surface area contributed by atoms with Crippen LogP contribution in [-0.2, 0) is 30.3 Å². The Balaban J connectivity index is 1.42. The first kappa shape index (κ1) is 27.3. The number of benzene rings is 3. The summed E-state index contributed by atoms with van der Waals surface area (Å²) in [4.78, 5) is 23.8. The van der Waals surface area contributed by atoms with Crippen molar-refractivity contribution in [2.45, 2.75) is 49.7 Å². The zero-order chi connectivity index (χ0) is 27.2. The summed E-state index contributed by atoms with van der Waals surface area (Å²) >= 11 is 1.50. The Hall–Kier alpha value is -3.28. The number of nitro groups is 1. The molecule has 5 rings (SSSR count). The van der Waals surface area contributed by atoms with Gasteiger partial charge in [-0.25, -0.2) is 4.79 Å². The third-order valence-electron chi connectivity index (χ3n) is 6.53. The van der Waals surface area contributed by atoms with Crippen LogP contribution in [0.4, 0.5) is 5.69 Å². The highest BCUT2D eigenvalue weighted by molar-refractivity contribution is 7.99. The van der Waals surface area contributed by atoms with Gasteiger partial charge in [0.2, 0.25) is 0 Å². The molecular weight excluding hydrogens is 522 g/mol. The maximum Gasteiger partial charge on any atom is 0.338 e. The van der Waals surface area contributed by atoms with E-state index in [9.17, 15) is 14.9 Å². The van der Waals surface area contributed by atoms with Gasteiger partial charge in [-0.3, -0.25) is 10.1 Å². The predicted octanol–water partition coefficient (Wildman–Crippen LogP) is 5.30. The quantitative estimate of drug-likeness (QED) is 0.199. The summed E-state index contributed by atoms with van der Waals surface area (Å²) in [5.74, 6) is 0.0894. The van der Waals surface area contributed by atoms with Gasteiger partial charge in [-0.1, -0.05) is 67.6 Å². The van der Waals surface area contributed by atoms with Gasteiger partial charge in [0.05, 0.1) is 23.7 Å². The summed E-state index contributed by atoms with van der Waals surface area (Å²) < 4.78 is 31.3. The maximum atomic E-state index is 13.2. The van der Waals surface area contributed by atoms with Gasteiger partial charge < -0.3 is 23.7 Å². The summed E-state index contributed by atoms with van der Waals surface area (Å²) in [6.07, 6.45) is -3.09. The molecule has 2 fully saturated rings. The molecule has 6 atom stereocenters. The van der Waals surface area contributed by atoms with Gasteiger partial charge in [0.25, 0.3) is 5.69 Å². The number of hydrogen-bond acceptors (Lipinski definition) is 9. The molecule has 0 aromatic heterocycles. The Kier molecular flexibility index (Phi) is 8.90. The fourth-order valence-corrected chi connectivity index (χ4v) is 5.57. The van der Waals surface area contributed by atoms with Gasteiger partial charge in [-0.2, -0.15) is 0 Å². The summed E-state index contributed by atoms with van der Waals surface area (Å²) in [6, 6.07) is 24.6. The minimum atomic E-state index is -0.808. The Morgan fingerprint density at radius 3 is 2.33 bits per heavy atom. The lowest BCUT2D eigenvalue weighted by molar-refractivity contribution is -0.384. The van der Waals surface area contributed by atoms with Crippen LogP contribution in [0.25, 0.3) is 0 Å². The first-order valence-electron chi connectivity index (χ1n) is 12.7. The van der Waals surface area contributed by atoms with Crippen LogP contribution < -0.4 is 0 Å². The molecule has 9 nitrogen and oxygen atoms in total. The topological polar surface area (TPSA) is 106 Å². The SMILES string of the molecule is CCS[C@@H]1O[C@@H]2CO[C@@H](c3ccccc3)O[C@H]2[C@H](OCc2ccccc2)[C@H]1OC(=O)c1ccc([N+](=O)[O-])cc1. The van der Waals surface area contributed by atoms with E-state index in [1.807, 2.05) is 67.6 Å². The van der Waals surface area contributed by atoms with Crippen LogP contribution >= 0.6 is 11.8 Å². The molecule has 0 saturated carbocycles. The Morgan fingerprint density at radius 1 is 0.974 bits per heavy atom. The number of esters is 1. The molecule has 2 aliphatic heterocycles. The molecule has 2 saturated heterocycles. The summed E-state index contributed by atoms with van der Waals surface area (Å²) in [5.41, 5.74) is 1.38. The van der Waals surface area contributed by atoms with Crippen molar-refractivity contribution in [2.75, 3.05) is 12.4 Å². The number of thioether (sulfide) groups is 1. The predicted molar refractivity (Wildman–Crippen MR) is 144 cm³/mol. The highest BCUT2D eigenvalue weighted by atomic mass is 32.2. The second kappa shape index (κ2) is 12.7. The highest BCUT2D eigenvalue weighted by Gasteiger charge is 2.52. The summed E-state index contributed by atoms with van der Waals surface area (Å²) in [6.45, 7) is 2.57. The average molecular weight is 552 g/mol. The van der Waals surface area contributed by atoms with Crippen molar-refractivity contribution in [3.05, 3.63) is 112 Å². The van der Waals surface area contributed by atoms with Crippen molar-refractivity contribution in [3.63, 3.8) is 0 Å². The smallest absolute Gasteiger partial charge is 0.338 e. The molecule has 3 aromatic carbocycles. The van der Waals surface area contributed by atoms with E-state index in [-0.39, 0.29) is 17.9 Å². The van der Waals surface area contributed by atoms with E-state index >= 15 is 0 Å². The lowest BCUT2D eigenvalue weighted by atomic mass is 9.98. The average Bonchev–Trinajstić information content (AvgIpc) is 2.97. The van der Waals surface area contributed by atoms with Gasteiger partial charge in [-0.05, 0) is 23.4 Å². The van der Waals surface area contributed by atoms with Gasteiger partial charge in [0, 0.05) is 17.7 Å². The Morgan fingerprint density at radius 2 is 1.67 bits per heavy atom. The van der Waals surface area contributed by atoms with Gasteiger partial charge in [0.1, 0.15) is 23.7 Å². The van der Waals surface area contributed by atoms with Crippen LogP contribution in [0.2, 0.25) is 0 Å². The second-order valence-corrected chi connectivity index (χ2v) is 10.5. The number of fused-ring (bicyclic) bond motifs is 1. The third kappa shape index (κ3) is 6.48. The number of rotatable bonds is 9. The van der Waals surface area contributed by atoms with E-state index in [1.54, 1.807) is 0 Å². The first-order chi connectivity index (χ1) is 19.0. The minimum Gasteiger partial charge on any atom is -0.452 e. The normalized spacial score (nSPS) is 26.4. The molecule has 0 N–H and O–H groups in total. The van der Waals surface area contributed by atoms with Crippen molar-refractivity contribution in [1.82, 2.24) is 0 Å². The number of carbonyl (C=O) groups is 1.